The largest absolute Gasteiger partial charge is 0.495 e. The normalized spacial score (nSPS) is 20.6. The molecule has 2 aliphatic rings. The Morgan fingerprint density at radius 3 is 2.78 bits per heavy atom. The van der Waals surface area contributed by atoms with Crippen LogP contribution in [0.4, 0.5) is 11.4 Å². The maximum Gasteiger partial charge on any atom is 0.271 e. The van der Waals surface area contributed by atoms with Gasteiger partial charge in [0.05, 0.1) is 23.4 Å². The number of anilines is 2. The van der Waals surface area contributed by atoms with E-state index in [1.165, 1.54) is 12.0 Å². The Bertz CT molecular complexity index is 977. The second kappa shape index (κ2) is 6.28. The van der Waals surface area contributed by atoms with E-state index in [-0.39, 0.29) is 24.7 Å². The van der Waals surface area contributed by atoms with Gasteiger partial charge in [0.25, 0.3) is 11.8 Å². The van der Waals surface area contributed by atoms with Gasteiger partial charge < -0.3 is 15.4 Å². The van der Waals surface area contributed by atoms with Gasteiger partial charge in [-0.25, -0.2) is 0 Å². The summed E-state index contributed by atoms with van der Waals surface area (Å²) in [7, 11) is 1.50. The average Bonchev–Trinajstić information content (AvgIpc) is 3.00. The standard InChI is InChI=1S/C19H16ClN3O4/c1-27-15-7-6-11(10-13(15)20)21-18(26)19-9-8-16(24)23(19)14-5-3-2-4-12(14)17(25)22-19/h2-7,10H,8-9H2,1H3,(H,21,26)(H,22,25). The van der Waals surface area contributed by atoms with Crippen molar-refractivity contribution >= 4 is 40.7 Å². The molecule has 2 aliphatic heterocycles. The fourth-order valence-electron chi connectivity index (χ4n) is 3.55. The topological polar surface area (TPSA) is 87.7 Å². The van der Waals surface area contributed by atoms with Crippen LogP contribution in [0.2, 0.25) is 5.02 Å². The van der Waals surface area contributed by atoms with Crippen LogP contribution in [0.3, 0.4) is 0 Å². The Balaban J connectivity index is 1.71. The van der Waals surface area contributed by atoms with E-state index in [1.54, 1.807) is 42.5 Å². The summed E-state index contributed by atoms with van der Waals surface area (Å²) in [6.45, 7) is 0. The minimum atomic E-state index is -1.46. The number of carbonyl (C=O) groups is 3. The molecule has 0 saturated carbocycles. The van der Waals surface area contributed by atoms with E-state index in [0.29, 0.717) is 27.7 Å². The highest BCUT2D eigenvalue weighted by atomic mass is 35.5. The van der Waals surface area contributed by atoms with Gasteiger partial charge in [-0.05, 0) is 30.3 Å². The summed E-state index contributed by atoms with van der Waals surface area (Å²) < 4.78 is 5.10. The molecular weight excluding hydrogens is 370 g/mol. The molecule has 2 aromatic rings. The number of methoxy groups -OCH3 is 1. The summed E-state index contributed by atoms with van der Waals surface area (Å²) >= 11 is 6.11. The van der Waals surface area contributed by atoms with Crippen molar-refractivity contribution in [2.24, 2.45) is 0 Å². The first-order valence-corrected chi connectivity index (χ1v) is 8.74. The first-order valence-electron chi connectivity index (χ1n) is 8.36. The number of ether oxygens (including phenoxy) is 1. The maximum absolute atomic E-state index is 13.1. The summed E-state index contributed by atoms with van der Waals surface area (Å²) in [5.41, 5.74) is -0.225. The zero-order valence-electron chi connectivity index (χ0n) is 14.4. The van der Waals surface area contributed by atoms with Crippen LogP contribution in [0.15, 0.2) is 42.5 Å². The van der Waals surface area contributed by atoms with E-state index in [2.05, 4.69) is 10.6 Å². The van der Waals surface area contributed by atoms with E-state index < -0.39 is 11.6 Å². The molecule has 138 valence electrons. The third-order valence-electron chi connectivity index (χ3n) is 4.83. The molecule has 1 saturated heterocycles. The molecule has 3 amide bonds. The highest BCUT2D eigenvalue weighted by Crippen LogP contribution is 2.40. The number of amides is 3. The first kappa shape index (κ1) is 17.4. The van der Waals surface area contributed by atoms with Gasteiger partial charge in [0.1, 0.15) is 5.75 Å². The molecular formula is C19H16ClN3O4. The molecule has 0 aliphatic carbocycles. The molecule has 1 fully saturated rings. The lowest BCUT2D eigenvalue weighted by Crippen LogP contribution is -2.68. The van der Waals surface area contributed by atoms with Crippen molar-refractivity contribution in [2.45, 2.75) is 18.5 Å². The van der Waals surface area contributed by atoms with Crippen LogP contribution in [0.1, 0.15) is 23.2 Å². The predicted octanol–water partition coefficient (Wildman–Crippen LogP) is 2.55. The van der Waals surface area contributed by atoms with E-state index in [9.17, 15) is 14.4 Å². The van der Waals surface area contributed by atoms with Crippen LogP contribution in [-0.2, 0) is 9.59 Å². The quantitative estimate of drug-likeness (QED) is 0.850. The second-order valence-electron chi connectivity index (χ2n) is 6.36. The Morgan fingerprint density at radius 2 is 2.04 bits per heavy atom. The number of fused-ring (bicyclic) bond motifs is 3. The molecule has 0 aromatic heterocycles. The van der Waals surface area contributed by atoms with Gasteiger partial charge in [0, 0.05) is 18.5 Å². The number of hydrogen-bond acceptors (Lipinski definition) is 4. The number of para-hydroxylation sites is 1. The molecule has 0 spiro atoms. The monoisotopic (exact) mass is 385 g/mol. The van der Waals surface area contributed by atoms with Crippen LogP contribution >= 0.6 is 11.6 Å². The van der Waals surface area contributed by atoms with Crippen LogP contribution in [0.5, 0.6) is 5.75 Å². The number of hydrogen-bond donors (Lipinski definition) is 2. The van der Waals surface area contributed by atoms with Crippen molar-refractivity contribution < 1.29 is 19.1 Å². The highest BCUT2D eigenvalue weighted by molar-refractivity contribution is 6.32. The van der Waals surface area contributed by atoms with E-state index >= 15 is 0 Å². The van der Waals surface area contributed by atoms with Gasteiger partial charge in [-0.3, -0.25) is 19.3 Å². The molecule has 0 radical (unpaired) electrons. The van der Waals surface area contributed by atoms with Crippen molar-refractivity contribution in [3.05, 3.63) is 53.1 Å². The van der Waals surface area contributed by atoms with Crippen molar-refractivity contribution in [3.63, 3.8) is 0 Å². The van der Waals surface area contributed by atoms with Gasteiger partial charge in [-0.15, -0.1) is 0 Å². The fourth-order valence-corrected chi connectivity index (χ4v) is 3.81. The molecule has 8 heteroatoms. The molecule has 27 heavy (non-hydrogen) atoms. The fraction of sp³-hybridized carbons (Fsp3) is 0.211. The van der Waals surface area contributed by atoms with Crippen molar-refractivity contribution in [1.29, 1.82) is 0 Å². The molecule has 4 rings (SSSR count). The van der Waals surface area contributed by atoms with E-state index in [1.807, 2.05) is 0 Å². The smallest absolute Gasteiger partial charge is 0.271 e. The van der Waals surface area contributed by atoms with Crippen LogP contribution in [-0.4, -0.2) is 30.5 Å². The molecule has 2 heterocycles. The lowest BCUT2D eigenvalue weighted by molar-refractivity contribution is -0.124. The van der Waals surface area contributed by atoms with E-state index in [4.69, 9.17) is 16.3 Å². The second-order valence-corrected chi connectivity index (χ2v) is 6.77. The third-order valence-corrected chi connectivity index (χ3v) is 5.12. The number of carbonyl (C=O) groups excluding carboxylic acids is 3. The molecule has 2 N–H and O–H groups in total. The average molecular weight is 386 g/mol. The van der Waals surface area contributed by atoms with Gasteiger partial charge in [0.15, 0.2) is 0 Å². The van der Waals surface area contributed by atoms with E-state index in [0.717, 1.165) is 0 Å². The summed E-state index contributed by atoms with van der Waals surface area (Å²) in [6, 6.07) is 11.6. The van der Waals surface area contributed by atoms with Crippen LogP contribution in [0, 0.1) is 0 Å². The molecule has 7 nitrogen and oxygen atoms in total. The number of halogens is 1. The Kier molecular flexibility index (Phi) is 4.04. The molecule has 0 bridgehead atoms. The molecule has 2 aromatic carbocycles. The van der Waals surface area contributed by atoms with Gasteiger partial charge >= 0.3 is 0 Å². The number of nitrogens with one attached hydrogen (secondary N) is 2. The van der Waals surface area contributed by atoms with Gasteiger partial charge in [-0.2, -0.15) is 0 Å². The SMILES string of the molecule is COc1ccc(NC(=O)C23CCC(=O)N2c2ccccc2C(=O)N3)cc1Cl. The molecule has 1 atom stereocenters. The zero-order chi connectivity index (χ0) is 19.2. The van der Waals surface area contributed by atoms with Crippen LogP contribution in [0.25, 0.3) is 0 Å². The maximum atomic E-state index is 13.1. The number of rotatable bonds is 3. The van der Waals surface area contributed by atoms with Gasteiger partial charge in [-0.1, -0.05) is 23.7 Å². The Hall–Kier alpha value is -3.06. The minimum absolute atomic E-state index is 0.158. The summed E-state index contributed by atoms with van der Waals surface area (Å²) in [5.74, 6) is -0.632. The summed E-state index contributed by atoms with van der Waals surface area (Å²) in [6.07, 6.45) is 0.340. The minimum Gasteiger partial charge on any atom is -0.495 e. The highest BCUT2D eigenvalue weighted by Gasteiger charge is 2.56. The number of benzene rings is 2. The molecule has 1 unspecified atom stereocenters. The number of nitrogens with zero attached hydrogens (tertiary/aromatic N) is 1. The predicted molar refractivity (Wildman–Crippen MR) is 100.0 cm³/mol. The Morgan fingerprint density at radius 1 is 1.26 bits per heavy atom. The lowest BCUT2D eigenvalue weighted by Gasteiger charge is -2.41. The lowest BCUT2D eigenvalue weighted by atomic mass is 9.98. The first-order chi connectivity index (χ1) is 13.0. The van der Waals surface area contributed by atoms with Crippen molar-refractivity contribution in [3.8, 4) is 5.75 Å². The zero-order valence-corrected chi connectivity index (χ0v) is 15.2. The van der Waals surface area contributed by atoms with Crippen molar-refractivity contribution in [2.75, 3.05) is 17.3 Å². The summed E-state index contributed by atoms with van der Waals surface area (Å²) in [4.78, 5) is 39.6. The van der Waals surface area contributed by atoms with Crippen LogP contribution < -0.4 is 20.3 Å². The Labute approximate surface area is 160 Å². The summed E-state index contributed by atoms with van der Waals surface area (Å²) in [5, 5.41) is 5.82. The van der Waals surface area contributed by atoms with Crippen molar-refractivity contribution in [1.82, 2.24) is 5.32 Å². The third kappa shape index (κ3) is 2.62. The van der Waals surface area contributed by atoms with Gasteiger partial charge in [0.2, 0.25) is 11.6 Å².